The van der Waals surface area contributed by atoms with Crippen LogP contribution in [0.3, 0.4) is 0 Å². The first-order chi connectivity index (χ1) is 6.69. The van der Waals surface area contributed by atoms with Crippen molar-refractivity contribution in [3.05, 3.63) is 34.4 Å². The normalized spacial score (nSPS) is 14.1. The number of nitrogens with zero attached hydrogens (tertiary/aromatic N) is 1. The van der Waals surface area contributed by atoms with Crippen LogP contribution in [0.25, 0.3) is 0 Å². The lowest BCUT2D eigenvalue weighted by Gasteiger charge is -1.98. The molecule has 0 aromatic rings. The number of rotatable bonds is 4. The Bertz CT molecular complexity index is 303. The highest BCUT2D eigenvalue weighted by Gasteiger charge is 2.00. The number of halogens is 1. The Balaban J connectivity index is 4.84. The van der Waals surface area contributed by atoms with Crippen molar-refractivity contribution in [2.45, 2.75) is 33.6 Å². The Hall–Kier alpha value is -1.00. The number of hydrogen-bond acceptors (Lipinski definition) is 1. The molecule has 0 atom stereocenters. The molecular weight excluding hydrogens is 194 g/mol. The highest BCUT2D eigenvalue weighted by atomic mass is 35.5. The van der Waals surface area contributed by atoms with Crippen LogP contribution in [0.2, 0.25) is 0 Å². The first-order valence-corrected chi connectivity index (χ1v) is 5.20. The predicted octanol–water partition coefficient (Wildman–Crippen LogP) is 4.33. The molecule has 0 N–H and O–H groups in total. The Labute approximate surface area is 91.4 Å². The van der Waals surface area contributed by atoms with E-state index in [1.165, 1.54) is 0 Å². The zero-order chi connectivity index (χ0) is 11.0. The first-order valence-electron chi connectivity index (χ1n) is 4.82. The van der Waals surface area contributed by atoms with Gasteiger partial charge in [0.2, 0.25) is 0 Å². The lowest BCUT2D eigenvalue weighted by atomic mass is 10.1. The molecule has 0 bridgehead atoms. The molecule has 0 unspecified atom stereocenters. The summed E-state index contributed by atoms with van der Waals surface area (Å²) in [5, 5.41) is 9.35. The van der Waals surface area contributed by atoms with Gasteiger partial charge in [0.05, 0.1) is 10.6 Å². The zero-order valence-electron chi connectivity index (χ0n) is 8.97. The maximum absolute atomic E-state index is 8.82. The van der Waals surface area contributed by atoms with Crippen LogP contribution in [-0.2, 0) is 0 Å². The van der Waals surface area contributed by atoms with Gasteiger partial charge in [0.25, 0.3) is 0 Å². The van der Waals surface area contributed by atoms with Gasteiger partial charge in [-0.2, -0.15) is 5.26 Å². The highest BCUT2D eigenvalue weighted by Crippen LogP contribution is 2.18. The minimum Gasteiger partial charge on any atom is -0.192 e. The molecule has 14 heavy (non-hydrogen) atoms. The van der Waals surface area contributed by atoms with E-state index in [4.69, 9.17) is 16.9 Å². The minimum absolute atomic E-state index is 0.532. The van der Waals surface area contributed by atoms with Crippen molar-refractivity contribution in [1.29, 1.82) is 5.26 Å². The zero-order valence-corrected chi connectivity index (χ0v) is 9.73. The summed E-state index contributed by atoms with van der Waals surface area (Å²) in [7, 11) is 0. The average molecular weight is 210 g/mol. The predicted molar refractivity (Wildman–Crippen MR) is 62.0 cm³/mol. The van der Waals surface area contributed by atoms with Gasteiger partial charge in [-0.3, -0.25) is 0 Å². The van der Waals surface area contributed by atoms with Gasteiger partial charge < -0.3 is 0 Å². The molecule has 76 valence electrons. The van der Waals surface area contributed by atoms with Crippen LogP contribution in [0.15, 0.2) is 34.4 Å². The summed E-state index contributed by atoms with van der Waals surface area (Å²) in [6.45, 7) is 6.01. The quantitative estimate of drug-likeness (QED) is 0.500. The van der Waals surface area contributed by atoms with Crippen LogP contribution >= 0.6 is 11.6 Å². The van der Waals surface area contributed by atoms with E-state index in [-0.39, 0.29) is 0 Å². The summed E-state index contributed by atoms with van der Waals surface area (Å²) in [5.41, 5.74) is 1.70. The second-order valence-corrected chi connectivity index (χ2v) is 3.25. The van der Waals surface area contributed by atoms with Gasteiger partial charge in [0.1, 0.15) is 6.07 Å². The van der Waals surface area contributed by atoms with Crippen molar-refractivity contribution >= 4 is 11.6 Å². The Morgan fingerprint density at radius 2 is 2.07 bits per heavy atom. The second-order valence-electron chi connectivity index (χ2n) is 2.85. The molecule has 1 nitrogen and oxygen atoms in total. The number of allylic oxidation sites excluding steroid dienone is 6. The van der Waals surface area contributed by atoms with Gasteiger partial charge in [-0.15, -0.1) is 0 Å². The summed E-state index contributed by atoms with van der Waals surface area (Å²) >= 11 is 6.01. The van der Waals surface area contributed by atoms with E-state index in [9.17, 15) is 0 Å². The molecule has 0 saturated heterocycles. The molecule has 0 aliphatic carbocycles. The molecule has 2 heteroatoms. The molecule has 0 aromatic heterocycles. The van der Waals surface area contributed by atoms with Gasteiger partial charge >= 0.3 is 0 Å². The smallest absolute Gasteiger partial charge is 0.100 e. The largest absolute Gasteiger partial charge is 0.192 e. The maximum atomic E-state index is 8.82. The van der Waals surface area contributed by atoms with Crippen molar-refractivity contribution in [1.82, 2.24) is 0 Å². The molecule has 0 saturated carbocycles. The van der Waals surface area contributed by atoms with Gasteiger partial charge in [-0.25, -0.2) is 0 Å². The van der Waals surface area contributed by atoms with Crippen molar-refractivity contribution in [3.8, 4) is 6.07 Å². The van der Waals surface area contributed by atoms with Gasteiger partial charge in [-0.1, -0.05) is 43.2 Å². The maximum Gasteiger partial charge on any atom is 0.100 e. The Morgan fingerprint density at radius 1 is 1.43 bits per heavy atom. The Morgan fingerprint density at radius 3 is 2.43 bits per heavy atom. The number of nitriles is 1. The van der Waals surface area contributed by atoms with E-state index < -0.39 is 0 Å². The highest BCUT2D eigenvalue weighted by molar-refractivity contribution is 6.32. The first kappa shape index (κ1) is 13.0. The van der Waals surface area contributed by atoms with Crippen LogP contribution in [0.4, 0.5) is 0 Å². The SMILES string of the molecule is C\C=C(/C=C(Cl)\C(C#N)=C/CC)CC. The van der Waals surface area contributed by atoms with Crippen molar-refractivity contribution < 1.29 is 0 Å². The van der Waals surface area contributed by atoms with E-state index >= 15 is 0 Å². The van der Waals surface area contributed by atoms with Crippen LogP contribution < -0.4 is 0 Å². The molecule has 0 aliphatic heterocycles. The molecular formula is C12H16ClN. The summed E-state index contributed by atoms with van der Waals surface area (Å²) in [6.07, 6.45) is 7.44. The molecule has 0 aliphatic rings. The Kier molecular flexibility index (Phi) is 6.88. The van der Waals surface area contributed by atoms with Crippen LogP contribution in [-0.4, -0.2) is 0 Å². The third-order valence-electron chi connectivity index (χ3n) is 1.88. The van der Waals surface area contributed by atoms with Gasteiger partial charge in [-0.05, 0) is 25.8 Å². The summed E-state index contributed by atoms with van der Waals surface area (Å²) in [6, 6.07) is 2.09. The molecule has 0 radical (unpaired) electrons. The molecule has 0 heterocycles. The lowest BCUT2D eigenvalue weighted by molar-refractivity contribution is 1.14. The molecule has 0 spiro atoms. The van der Waals surface area contributed by atoms with E-state index in [2.05, 4.69) is 13.0 Å². The van der Waals surface area contributed by atoms with E-state index in [1.54, 1.807) is 0 Å². The fraction of sp³-hybridized carbons (Fsp3) is 0.417. The van der Waals surface area contributed by atoms with E-state index in [0.29, 0.717) is 10.6 Å². The standard InChI is InChI=1S/C12H16ClN/c1-4-7-11(9-14)12(13)8-10(5-2)6-3/h5,7-8H,4,6H2,1-3H3/b10-5-,11-7-,12-8+. The molecule has 0 rings (SSSR count). The van der Waals surface area contributed by atoms with E-state index in [1.807, 2.05) is 32.1 Å². The fourth-order valence-corrected chi connectivity index (χ4v) is 1.29. The molecule has 0 fully saturated rings. The monoisotopic (exact) mass is 209 g/mol. The van der Waals surface area contributed by atoms with Gasteiger partial charge in [0, 0.05) is 0 Å². The second kappa shape index (κ2) is 7.41. The third-order valence-corrected chi connectivity index (χ3v) is 2.19. The third kappa shape index (κ3) is 4.30. The van der Waals surface area contributed by atoms with Crippen molar-refractivity contribution in [2.75, 3.05) is 0 Å². The topological polar surface area (TPSA) is 23.8 Å². The van der Waals surface area contributed by atoms with Crippen LogP contribution in [0.5, 0.6) is 0 Å². The number of hydrogen-bond donors (Lipinski definition) is 0. The van der Waals surface area contributed by atoms with Crippen LogP contribution in [0.1, 0.15) is 33.6 Å². The van der Waals surface area contributed by atoms with E-state index in [0.717, 1.165) is 18.4 Å². The van der Waals surface area contributed by atoms with Crippen LogP contribution in [0, 0.1) is 11.3 Å². The summed E-state index contributed by atoms with van der Waals surface area (Å²) in [4.78, 5) is 0. The average Bonchev–Trinajstić information content (AvgIpc) is 2.22. The van der Waals surface area contributed by atoms with Crippen molar-refractivity contribution in [2.24, 2.45) is 0 Å². The summed E-state index contributed by atoms with van der Waals surface area (Å²) in [5.74, 6) is 0. The molecule has 0 amide bonds. The summed E-state index contributed by atoms with van der Waals surface area (Å²) < 4.78 is 0. The molecule has 0 aromatic carbocycles. The van der Waals surface area contributed by atoms with Crippen molar-refractivity contribution in [3.63, 3.8) is 0 Å². The lowest BCUT2D eigenvalue weighted by Crippen LogP contribution is -1.82. The van der Waals surface area contributed by atoms with Gasteiger partial charge in [0.15, 0.2) is 0 Å². The fourth-order valence-electron chi connectivity index (χ4n) is 1.03. The minimum atomic E-state index is 0.532.